The molecule has 0 aliphatic rings. The summed E-state index contributed by atoms with van der Waals surface area (Å²) in [6.45, 7) is 3.54. The summed E-state index contributed by atoms with van der Waals surface area (Å²) in [7, 11) is 0. The lowest BCUT2D eigenvalue weighted by molar-refractivity contribution is 0.338. The molecule has 0 unspecified atom stereocenters. The normalized spacial score (nSPS) is 10.2. The Hall–Kier alpha value is -1.61. The van der Waals surface area contributed by atoms with Crippen LogP contribution in [0.3, 0.4) is 0 Å². The molecule has 2 aromatic carbocycles. The molecular formula is C17H20O2S. The molecule has 0 heterocycles. The minimum Gasteiger partial charge on any atom is -0.493 e. The van der Waals surface area contributed by atoms with Gasteiger partial charge in [0.05, 0.1) is 13.2 Å². The van der Waals surface area contributed by atoms with Crippen molar-refractivity contribution in [3.8, 4) is 11.5 Å². The Kier molecular flexibility index (Phi) is 6.32. The van der Waals surface area contributed by atoms with Gasteiger partial charge in [-0.25, -0.2) is 0 Å². The molecule has 3 heteroatoms. The largest absolute Gasteiger partial charge is 0.493 e. The first-order valence-electron chi connectivity index (χ1n) is 6.80. The van der Waals surface area contributed by atoms with Gasteiger partial charge in [-0.15, -0.1) is 0 Å². The molecule has 2 rings (SSSR count). The molecule has 0 saturated heterocycles. The quantitative estimate of drug-likeness (QED) is 0.679. The summed E-state index contributed by atoms with van der Waals surface area (Å²) < 4.78 is 11.4. The maximum absolute atomic E-state index is 5.74. The number of aryl methyl sites for hydroxylation is 1. The number of thioether (sulfide) groups is 1. The molecule has 0 spiro atoms. The predicted octanol–water partition coefficient (Wildman–Crippen LogP) is 4.19. The third-order valence-corrected chi connectivity index (χ3v) is 3.73. The fourth-order valence-electron chi connectivity index (χ4n) is 1.77. The van der Waals surface area contributed by atoms with Crippen molar-refractivity contribution in [2.45, 2.75) is 6.92 Å². The van der Waals surface area contributed by atoms with Crippen molar-refractivity contribution < 1.29 is 9.47 Å². The van der Waals surface area contributed by atoms with Gasteiger partial charge < -0.3 is 9.47 Å². The standard InChI is InChI=1S/C17H20O2S/c1-15-7-5-6-10-17(15)19-12-14-20-13-11-18-16-8-3-2-4-9-16/h2-10H,11-14H2,1H3. The molecule has 0 N–H and O–H groups in total. The summed E-state index contributed by atoms with van der Waals surface area (Å²) in [5, 5.41) is 0. The Labute approximate surface area is 125 Å². The Balaban J connectivity index is 1.53. The van der Waals surface area contributed by atoms with E-state index in [2.05, 4.69) is 13.0 Å². The summed E-state index contributed by atoms with van der Waals surface area (Å²) in [6.07, 6.45) is 0. The van der Waals surface area contributed by atoms with Crippen LogP contribution in [0.25, 0.3) is 0 Å². The van der Waals surface area contributed by atoms with E-state index < -0.39 is 0 Å². The Morgan fingerprint density at radius 3 is 2.20 bits per heavy atom. The van der Waals surface area contributed by atoms with Crippen LogP contribution < -0.4 is 9.47 Å². The lowest BCUT2D eigenvalue weighted by Gasteiger charge is -2.09. The van der Waals surface area contributed by atoms with Gasteiger partial charge >= 0.3 is 0 Å². The molecular weight excluding hydrogens is 268 g/mol. The molecule has 0 aliphatic carbocycles. The van der Waals surface area contributed by atoms with Gasteiger partial charge in [-0.05, 0) is 30.7 Å². The highest BCUT2D eigenvalue weighted by Gasteiger charge is 1.97. The molecule has 0 amide bonds. The van der Waals surface area contributed by atoms with Gasteiger partial charge in [0.25, 0.3) is 0 Å². The van der Waals surface area contributed by atoms with Crippen molar-refractivity contribution in [1.82, 2.24) is 0 Å². The lowest BCUT2D eigenvalue weighted by Crippen LogP contribution is -2.05. The maximum Gasteiger partial charge on any atom is 0.122 e. The zero-order chi connectivity index (χ0) is 14.0. The van der Waals surface area contributed by atoms with Crippen LogP contribution in [0.4, 0.5) is 0 Å². The van der Waals surface area contributed by atoms with Crippen molar-refractivity contribution in [2.75, 3.05) is 24.7 Å². The van der Waals surface area contributed by atoms with Gasteiger partial charge in [-0.1, -0.05) is 36.4 Å². The van der Waals surface area contributed by atoms with Gasteiger partial charge in [0.1, 0.15) is 11.5 Å². The third-order valence-electron chi connectivity index (χ3n) is 2.82. The summed E-state index contributed by atoms with van der Waals surface area (Å²) in [4.78, 5) is 0. The third kappa shape index (κ3) is 5.17. The van der Waals surface area contributed by atoms with E-state index in [0.717, 1.165) is 36.2 Å². The number of hydrogen-bond donors (Lipinski definition) is 0. The Morgan fingerprint density at radius 2 is 1.45 bits per heavy atom. The number of ether oxygens (including phenoxy) is 2. The summed E-state index contributed by atoms with van der Waals surface area (Å²) >= 11 is 1.85. The first kappa shape index (κ1) is 14.8. The molecule has 0 aliphatic heterocycles. The zero-order valence-electron chi connectivity index (χ0n) is 11.7. The molecule has 0 saturated carbocycles. The number of benzene rings is 2. The summed E-state index contributed by atoms with van der Waals surface area (Å²) in [5.41, 5.74) is 1.19. The smallest absolute Gasteiger partial charge is 0.122 e. The van der Waals surface area contributed by atoms with Gasteiger partial charge in [0, 0.05) is 11.5 Å². The molecule has 2 nitrogen and oxygen atoms in total. The maximum atomic E-state index is 5.74. The van der Waals surface area contributed by atoms with E-state index in [9.17, 15) is 0 Å². The van der Waals surface area contributed by atoms with E-state index in [4.69, 9.17) is 9.47 Å². The summed E-state index contributed by atoms with van der Waals surface area (Å²) in [5.74, 6) is 3.87. The predicted molar refractivity (Wildman–Crippen MR) is 85.9 cm³/mol. The molecule has 20 heavy (non-hydrogen) atoms. The van der Waals surface area contributed by atoms with Crippen molar-refractivity contribution in [3.05, 3.63) is 60.2 Å². The van der Waals surface area contributed by atoms with Gasteiger partial charge in [-0.3, -0.25) is 0 Å². The minimum absolute atomic E-state index is 0.735. The average Bonchev–Trinajstić information content (AvgIpc) is 2.49. The lowest BCUT2D eigenvalue weighted by atomic mass is 10.2. The Bertz CT molecular complexity index is 499. The van der Waals surface area contributed by atoms with Gasteiger partial charge in [-0.2, -0.15) is 11.8 Å². The molecule has 0 atom stereocenters. The monoisotopic (exact) mass is 288 g/mol. The van der Waals surface area contributed by atoms with Crippen LogP contribution in [0.15, 0.2) is 54.6 Å². The van der Waals surface area contributed by atoms with Gasteiger partial charge in [0.2, 0.25) is 0 Å². The highest BCUT2D eigenvalue weighted by Crippen LogP contribution is 2.16. The first-order chi connectivity index (χ1) is 9.86. The second kappa shape index (κ2) is 8.54. The van der Waals surface area contributed by atoms with Crippen molar-refractivity contribution >= 4 is 11.8 Å². The summed E-state index contributed by atoms with van der Waals surface area (Å²) in [6, 6.07) is 18.0. The topological polar surface area (TPSA) is 18.5 Å². The molecule has 0 radical (unpaired) electrons. The number of para-hydroxylation sites is 2. The van der Waals surface area contributed by atoms with Crippen LogP contribution in [-0.4, -0.2) is 24.7 Å². The van der Waals surface area contributed by atoms with E-state index >= 15 is 0 Å². The Morgan fingerprint density at radius 1 is 0.800 bits per heavy atom. The SMILES string of the molecule is Cc1ccccc1OCCSCCOc1ccccc1. The second-order valence-electron chi connectivity index (χ2n) is 4.39. The van der Waals surface area contributed by atoms with Gasteiger partial charge in [0.15, 0.2) is 0 Å². The minimum atomic E-state index is 0.735. The van der Waals surface area contributed by atoms with Crippen LogP contribution in [-0.2, 0) is 0 Å². The number of hydrogen-bond acceptors (Lipinski definition) is 3. The molecule has 2 aromatic rings. The molecule has 0 fully saturated rings. The second-order valence-corrected chi connectivity index (χ2v) is 5.61. The van der Waals surface area contributed by atoms with E-state index in [1.165, 1.54) is 5.56 Å². The van der Waals surface area contributed by atoms with Crippen molar-refractivity contribution in [2.24, 2.45) is 0 Å². The van der Waals surface area contributed by atoms with E-state index in [1.807, 2.05) is 60.3 Å². The zero-order valence-corrected chi connectivity index (χ0v) is 12.6. The molecule has 0 bridgehead atoms. The highest BCUT2D eigenvalue weighted by molar-refractivity contribution is 7.99. The van der Waals surface area contributed by atoms with E-state index in [1.54, 1.807) is 0 Å². The average molecular weight is 288 g/mol. The van der Waals surface area contributed by atoms with Crippen LogP contribution in [0, 0.1) is 6.92 Å². The van der Waals surface area contributed by atoms with Crippen LogP contribution in [0.2, 0.25) is 0 Å². The van der Waals surface area contributed by atoms with Crippen LogP contribution in [0.1, 0.15) is 5.56 Å². The fourth-order valence-corrected chi connectivity index (χ4v) is 2.37. The highest BCUT2D eigenvalue weighted by atomic mass is 32.2. The van der Waals surface area contributed by atoms with E-state index in [-0.39, 0.29) is 0 Å². The van der Waals surface area contributed by atoms with Crippen molar-refractivity contribution in [1.29, 1.82) is 0 Å². The first-order valence-corrected chi connectivity index (χ1v) is 7.96. The fraction of sp³-hybridized carbons (Fsp3) is 0.294. The molecule has 0 aromatic heterocycles. The number of rotatable bonds is 8. The van der Waals surface area contributed by atoms with Crippen LogP contribution in [0.5, 0.6) is 11.5 Å². The van der Waals surface area contributed by atoms with Crippen molar-refractivity contribution in [3.63, 3.8) is 0 Å². The van der Waals surface area contributed by atoms with Crippen LogP contribution >= 0.6 is 11.8 Å². The molecule has 106 valence electrons. The van der Waals surface area contributed by atoms with E-state index in [0.29, 0.717) is 0 Å².